The number of amides is 1. The third-order valence-corrected chi connectivity index (χ3v) is 3.43. The molecule has 2 N–H and O–H groups in total. The van der Waals surface area contributed by atoms with E-state index in [2.05, 4.69) is 35.5 Å². The second-order valence-corrected chi connectivity index (χ2v) is 6.22. The number of para-hydroxylation sites is 1. The molecular weight excluding hydrogens is 304 g/mol. The molecular formula is C18H30N4O2. The summed E-state index contributed by atoms with van der Waals surface area (Å²) in [6.45, 7) is 5.90. The molecule has 0 radical (unpaired) electrons. The van der Waals surface area contributed by atoms with Gasteiger partial charge in [0.1, 0.15) is 12.3 Å². The zero-order valence-corrected chi connectivity index (χ0v) is 15.4. The molecule has 134 valence electrons. The van der Waals surface area contributed by atoms with Crippen LogP contribution in [0, 0.1) is 5.92 Å². The van der Waals surface area contributed by atoms with Crippen molar-refractivity contribution in [2.24, 2.45) is 10.9 Å². The third kappa shape index (κ3) is 7.35. The Hall–Kier alpha value is -2.24. The van der Waals surface area contributed by atoms with E-state index in [1.807, 2.05) is 18.2 Å². The van der Waals surface area contributed by atoms with Crippen molar-refractivity contribution in [3.63, 3.8) is 0 Å². The Balaban J connectivity index is 2.60. The largest absolute Gasteiger partial charge is 0.496 e. The van der Waals surface area contributed by atoms with Gasteiger partial charge in [-0.2, -0.15) is 0 Å². The smallest absolute Gasteiger partial charge is 0.243 e. The zero-order valence-electron chi connectivity index (χ0n) is 15.4. The summed E-state index contributed by atoms with van der Waals surface area (Å²) in [5.41, 5.74) is 1.14. The zero-order chi connectivity index (χ0) is 17.9. The number of benzene rings is 1. The first-order valence-corrected chi connectivity index (χ1v) is 8.28. The maximum absolute atomic E-state index is 11.7. The minimum Gasteiger partial charge on any atom is -0.496 e. The maximum atomic E-state index is 11.7. The van der Waals surface area contributed by atoms with Crippen LogP contribution in [0.2, 0.25) is 0 Å². The van der Waals surface area contributed by atoms with Crippen LogP contribution in [0.1, 0.15) is 19.4 Å². The first-order valence-electron chi connectivity index (χ1n) is 8.28. The molecule has 0 saturated carbocycles. The lowest BCUT2D eigenvalue weighted by atomic mass is 10.1. The number of rotatable bonds is 8. The molecule has 0 saturated heterocycles. The van der Waals surface area contributed by atoms with Crippen LogP contribution in [0.15, 0.2) is 29.3 Å². The van der Waals surface area contributed by atoms with Gasteiger partial charge in [0.15, 0.2) is 5.96 Å². The van der Waals surface area contributed by atoms with Gasteiger partial charge in [-0.1, -0.05) is 32.0 Å². The summed E-state index contributed by atoms with van der Waals surface area (Å²) in [6, 6.07) is 7.96. The number of ether oxygens (including phenoxy) is 1. The lowest BCUT2D eigenvalue weighted by molar-refractivity contribution is -0.127. The van der Waals surface area contributed by atoms with E-state index >= 15 is 0 Å². The molecule has 0 spiro atoms. The van der Waals surface area contributed by atoms with Gasteiger partial charge >= 0.3 is 0 Å². The van der Waals surface area contributed by atoms with Crippen LogP contribution in [-0.2, 0) is 11.2 Å². The van der Waals surface area contributed by atoms with Gasteiger partial charge in [-0.25, -0.2) is 4.99 Å². The van der Waals surface area contributed by atoms with Crippen LogP contribution < -0.4 is 15.4 Å². The maximum Gasteiger partial charge on any atom is 0.243 e. The highest BCUT2D eigenvalue weighted by Crippen LogP contribution is 2.17. The van der Waals surface area contributed by atoms with Gasteiger partial charge in [0.05, 0.1) is 7.11 Å². The molecule has 1 amide bonds. The van der Waals surface area contributed by atoms with E-state index in [0.717, 1.165) is 24.3 Å². The average molecular weight is 334 g/mol. The predicted octanol–water partition coefficient (Wildman–Crippen LogP) is 1.52. The highest BCUT2D eigenvalue weighted by Gasteiger charge is 2.06. The second kappa shape index (κ2) is 10.5. The van der Waals surface area contributed by atoms with Crippen LogP contribution in [0.25, 0.3) is 0 Å². The molecule has 0 aliphatic rings. The minimum absolute atomic E-state index is 0.0228. The van der Waals surface area contributed by atoms with Gasteiger partial charge < -0.3 is 20.3 Å². The molecule has 0 bridgehead atoms. The summed E-state index contributed by atoms with van der Waals surface area (Å²) in [5, 5.41) is 6.55. The number of nitrogens with zero attached hydrogens (tertiary/aromatic N) is 2. The predicted molar refractivity (Wildman–Crippen MR) is 98.5 cm³/mol. The Labute approximate surface area is 145 Å². The number of aliphatic imine (C=N–C) groups is 1. The van der Waals surface area contributed by atoms with Crippen molar-refractivity contribution in [3.05, 3.63) is 29.8 Å². The quantitative estimate of drug-likeness (QED) is 0.559. The molecule has 6 nitrogen and oxygen atoms in total. The molecule has 0 aliphatic heterocycles. The number of methoxy groups -OCH3 is 1. The fourth-order valence-corrected chi connectivity index (χ4v) is 1.99. The first-order chi connectivity index (χ1) is 11.4. The van der Waals surface area contributed by atoms with E-state index in [4.69, 9.17) is 4.74 Å². The van der Waals surface area contributed by atoms with E-state index in [-0.39, 0.29) is 12.5 Å². The van der Waals surface area contributed by atoms with Gasteiger partial charge in [0.2, 0.25) is 5.91 Å². The van der Waals surface area contributed by atoms with Crippen molar-refractivity contribution in [1.29, 1.82) is 0 Å². The summed E-state index contributed by atoms with van der Waals surface area (Å²) in [7, 11) is 5.14. The molecule has 0 unspecified atom stereocenters. The molecule has 0 aromatic heterocycles. The molecule has 1 aromatic rings. The van der Waals surface area contributed by atoms with E-state index in [9.17, 15) is 4.79 Å². The van der Waals surface area contributed by atoms with Gasteiger partial charge in [0, 0.05) is 27.2 Å². The molecule has 6 heteroatoms. The average Bonchev–Trinajstić information content (AvgIpc) is 2.56. The Bertz CT molecular complexity index is 542. The van der Waals surface area contributed by atoms with Crippen LogP contribution in [0.3, 0.4) is 0 Å². The fourth-order valence-electron chi connectivity index (χ4n) is 1.99. The molecule has 0 aliphatic carbocycles. The van der Waals surface area contributed by atoms with Crippen molar-refractivity contribution in [3.8, 4) is 5.75 Å². The number of hydrogen-bond donors (Lipinski definition) is 2. The topological polar surface area (TPSA) is 66.0 Å². The first kappa shape index (κ1) is 19.8. The lowest BCUT2D eigenvalue weighted by Gasteiger charge is -2.15. The summed E-state index contributed by atoms with van der Waals surface area (Å²) >= 11 is 0. The van der Waals surface area contributed by atoms with E-state index in [1.54, 1.807) is 26.1 Å². The van der Waals surface area contributed by atoms with Crippen molar-refractivity contribution >= 4 is 11.9 Å². The molecule has 24 heavy (non-hydrogen) atoms. The van der Waals surface area contributed by atoms with Crippen molar-refractivity contribution < 1.29 is 9.53 Å². The normalized spacial score (nSPS) is 11.3. The number of nitrogens with one attached hydrogen (secondary N) is 2. The van der Waals surface area contributed by atoms with Crippen LogP contribution in [0.4, 0.5) is 0 Å². The van der Waals surface area contributed by atoms with Gasteiger partial charge in [-0.15, -0.1) is 0 Å². The third-order valence-electron chi connectivity index (χ3n) is 3.43. The van der Waals surface area contributed by atoms with Gasteiger partial charge in [-0.3, -0.25) is 4.79 Å². The van der Waals surface area contributed by atoms with Crippen molar-refractivity contribution in [2.75, 3.05) is 40.8 Å². The van der Waals surface area contributed by atoms with Crippen LogP contribution >= 0.6 is 0 Å². The minimum atomic E-state index is -0.0228. The number of guanidine groups is 1. The number of likely N-dealkylation sites (N-methyl/N-ethyl adjacent to an activating group) is 1. The summed E-state index contributed by atoms with van der Waals surface area (Å²) in [4.78, 5) is 17.6. The SMILES string of the molecule is COc1ccccc1CCNC(=NCC(=O)N(C)C)NCC(C)C. The molecule has 1 aromatic carbocycles. The molecule has 0 fully saturated rings. The van der Waals surface area contributed by atoms with Gasteiger partial charge in [0.25, 0.3) is 0 Å². The number of carbonyl (C=O) groups is 1. The number of hydrogen-bond acceptors (Lipinski definition) is 3. The Morgan fingerprint density at radius 1 is 1.25 bits per heavy atom. The Morgan fingerprint density at radius 2 is 1.96 bits per heavy atom. The monoisotopic (exact) mass is 334 g/mol. The van der Waals surface area contributed by atoms with Crippen LogP contribution in [0.5, 0.6) is 5.75 Å². The van der Waals surface area contributed by atoms with Crippen LogP contribution in [-0.4, -0.2) is 57.6 Å². The Kier molecular flexibility index (Phi) is 8.68. The Morgan fingerprint density at radius 3 is 2.58 bits per heavy atom. The molecule has 1 rings (SSSR count). The van der Waals surface area contributed by atoms with E-state index < -0.39 is 0 Å². The van der Waals surface area contributed by atoms with Crippen molar-refractivity contribution in [1.82, 2.24) is 15.5 Å². The lowest BCUT2D eigenvalue weighted by Crippen LogP contribution is -2.41. The summed E-state index contributed by atoms with van der Waals surface area (Å²) < 4.78 is 5.36. The second-order valence-electron chi connectivity index (χ2n) is 6.22. The molecule has 0 atom stereocenters. The highest BCUT2D eigenvalue weighted by atomic mass is 16.5. The van der Waals surface area contributed by atoms with Crippen molar-refractivity contribution in [2.45, 2.75) is 20.3 Å². The molecule has 0 heterocycles. The van der Waals surface area contributed by atoms with E-state index in [0.29, 0.717) is 18.4 Å². The van der Waals surface area contributed by atoms with Gasteiger partial charge in [-0.05, 0) is 24.0 Å². The summed E-state index contributed by atoms with van der Waals surface area (Å²) in [5.74, 6) is 2.02. The standard InChI is InChI=1S/C18H30N4O2/c1-14(2)12-20-18(21-13-17(23)22(3)4)19-11-10-15-8-6-7-9-16(15)24-5/h6-9,14H,10-13H2,1-5H3,(H2,19,20,21). The highest BCUT2D eigenvalue weighted by molar-refractivity contribution is 5.84. The fraction of sp³-hybridized carbons (Fsp3) is 0.556. The van der Waals surface area contributed by atoms with E-state index in [1.165, 1.54) is 0 Å². The summed E-state index contributed by atoms with van der Waals surface area (Å²) in [6.07, 6.45) is 0.814. The number of carbonyl (C=O) groups excluding carboxylic acids is 1.